The first-order valence-corrected chi connectivity index (χ1v) is 7.59. The highest BCUT2D eigenvalue weighted by Gasteiger charge is 2.19. The van der Waals surface area contributed by atoms with E-state index in [1.165, 1.54) is 12.2 Å². The summed E-state index contributed by atoms with van der Waals surface area (Å²) in [5.41, 5.74) is 4.44. The molecule has 6 nitrogen and oxygen atoms in total. The maximum absolute atomic E-state index is 13.9. The molecule has 0 radical (unpaired) electrons. The Balaban J connectivity index is 1.96. The van der Waals surface area contributed by atoms with Gasteiger partial charge in [0.25, 0.3) is 0 Å². The van der Waals surface area contributed by atoms with Crippen LogP contribution in [0.15, 0.2) is 16.9 Å². The van der Waals surface area contributed by atoms with Gasteiger partial charge in [-0.05, 0) is 6.08 Å². The lowest BCUT2D eigenvalue weighted by atomic mass is 10.2. The van der Waals surface area contributed by atoms with Gasteiger partial charge in [-0.3, -0.25) is 0 Å². The molecule has 134 valence electrons. The first kappa shape index (κ1) is 16.3. The van der Waals surface area contributed by atoms with Crippen molar-refractivity contribution < 1.29 is 17.6 Å². The van der Waals surface area contributed by atoms with Crippen LogP contribution >= 0.6 is 0 Å². The van der Waals surface area contributed by atoms with Crippen molar-refractivity contribution in [3.63, 3.8) is 0 Å². The molecule has 0 saturated heterocycles. The molecular formula is C16H11F4N5O. The maximum atomic E-state index is 13.9. The summed E-state index contributed by atoms with van der Waals surface area (Å²) < 4.78 is 56.3. The van der Waals surface area contributed by atoms with E-state index in [4.69, 9.17) is 5.73 Å². The second-order valence-corrected chi connectivity index (χ2v) is 5.84. The number of aromatic nitrogens is 4. The van der Waals surface area contributed by atoms with E-state index in [2.05, 4.69) is 10.1 Å². The van der Waals surface area contributed by atoms with Gasteiger partial charge < -0.3 is 5.73 Å². The van der Waals surface area contributed by atoms with Gasteiger partial charge in [0.15, 0.2) is 5.82 Å². The minimum atomic E-state index is -1.31. The number of alkyl halides is 1. The molecule has 2 aromatic heterocycles. The fourth-order valence-corrected chi connectivity index (χ4v) is 2.89. The van der Waals surface area contributed by atoms with Gasteiger partial charge in [0.2, 0.25) is 5.65 Å². The molecule has 10 heteroatoms. The lowest BCUT2D eigenvalue weighted by Gasteiger charge is -2.06. The van der Waals surface area contributed by atoms with Crippen molar-refractivity contribution in [1.82, 2.24) is 19.2 Å². The fraction of sp³-hybridized carbons (Fsp3) is 0.188. The third-order valence-corrected chi connectivity index (χ3v) is 4.10. The molecule has 2 heterocycles. The van der Waals surface area contributed by atoms with Crippen LogP contribution in [0.3, 0.4) is 0 Å². The van der Waals surface area contributed by atoms with Crippen molar-refractivity contribution in [3.8, 4) is 0 Å². The van der Waals surface area contributed by atoms with Gasteiger partial charge in [0, 0.05) is 24.1 Å². The van der Waals surface area contributed by atoms with Crippen LogP contribution in [0.5, 0.6) is 0 Å². The van der Waals surface area contributed by atoms with E-state index in [9.17, 15) is 22.4 Å². The molecule has 0 spiro atoms. The number of rotatable bonds is 2. The van der Waals surface area contributed by atoms with Gasteiger partial charge in [0.05, 0.1) is 17.2 Å². The zero-order valence-corrected chi connectivity index (χ0v) is 13.1. The Bertz CT molecular complexity index is 1210. The molecule has 0 amide bonds. The van der Waals surface area contributed by atoms with E-state index >= 15 is 0 Å². The zero-order chi connectivity index (χ0) is 18.6. The van der Waals surface area contributed by atoms with Crippen molar-refractivity contribution in [2.45, 2.75) is 19.1 Å². The van der Waals surface area contributed by atoms with E-state index in [-0.39, 0.29) is 23.2 Å². The third-order valence-electron chi connectivity index (χ3n) is 4.10. The van der Waals surface area contributed by atoms with Crippen LogP contribution in [-0.4, -0.2) is 25.3 Å². The molecule has 1 atom stereocenters. The molecule has 0 fully saturated rings. The van der Waals surface area contributed by atoms with Gasteiger partial charge in [0.1, 0.15) is 23.6 Å². The number of anilines is 1. The van der Waals surface area contributed by atoms with Gasteiger partial charge in [-0.25, -0.2) is 36.4 Å². The Morgan fingerprint density at radius 3 is 2.62 bits per heavy atom. The minimum absolute atomic E-state index is 0.0598. The molecule has 1 aliphatic rings. The molecular weight excluding hydrogens is 354 g/mol. The largest absolute Gasteiger partial charge is 0.381 e. The first-order valence-electron chi connectivity index (χ1n) is 7.59. The SMILES string of the molecule is Nc1nc2c(n3c(=O)n(Cc4c(F)cc(F)cc4F)nc13)=CC(F)CC=2. The van der Waals surface area contributed by atoms with Crippen LogP contribution in [0.1, 0.15) is 12.0 Å². The number of halogens is 4. The number of hydrogen-bond donors (Lipinski definition) is 1. The highest BCUT2D eigenvalue weighted by Crippen LogP contribution is 2.15. The average molecular weight is 365 g/mol. The standard InChI is InChI=1S/C16H11F4N5O/c17-7-1-2-12-13(5-7)25-15(14(21)22-12)23-24(16(25)26)6-9-10(19)3-8(18)4-11(9)20/h2-5,7H,1,6H2,(H2,21,22). The van der Waals surface area contributed by atoms with Crippen molar-refractivity contribution in [2.24, 2.45) is 0 Å². The number of hydrogen-bond acceptors (Lipinski definition) is 4. The number of benzene rings is 1. The van der Waals surface area contributed by atoms with Crippen LogP contribution < -0.4 is 22.1 Å². The van der Waals surface area contributed by atoms with Crippen molar-refractivity contribution >= 4 is 23.6 Å². The summed E-state index contributed by atoms with van der Waals surface area (Å²) >= 11 is 0. The summed E-state index contributed by atoms with van der Waals surface area (Å²) in [7, 11) is 0. The summed E-state index contributed by atoms with van der Waals surface area (Å²) in [5.74, 6) is -3.46. The maximum Gasteiger partial charge on any atom is 0.351 e. The van der Waals surface area contributed by atoms with E-state index in [1.807, 2.05) is 0 Å². The van der Waals surface area contributed by atoms with Crippen LogP contribution in [0.4, 0.5) is 23.4 Å². The summed E-state index contributed by atoms with van der Waals surface area (Å²) in [4.78, 5) is 16.7. The van der Waals surface area contributed by atoms with Crippen LogP contribution in [0.2, 0.25) is 0 Å². The predicted octanol–water partition coefficient (Wildman–Crippen LogP) is 0.242. The summed E-state index contributed by atoms with van der Waals surface area (Å²) in [6.07, 6.45) is 1.50. The first-order chi connectivity index (χ1) is 12.3. The van der Waals surface area contributed by atoms with E-state index in [0.717, 1.165) is 9.08 Å². The van der Waals surface area contributed by atoms with E-state index in [1.54, 1.807) is 0 Å². The van der Waals surface area contributed by atoms with Crippen molar-refractivity contribution in [2.75, 3.05) is 5.73 Å². The monoisotopic (exact) mass is 365 g/mol. The van der Waals surface area contributed by atoms with Gasteiger partial charge in [-0.2, -0.15) is 0 Å². The minimum Gasteiger partial charge on any atom is -0.381 e. The highest BCUT2D eigenvalue weighted by atomic mass is 19.1. The van der Waals surface area contributed by atoms with E-state index in [0.29, 0.717) is 17.5 Å². The predicted molar refractivity (Wildman–Crippen MR) is 84.8 cm³/mol. The highest BCUT2D eigenvalue weighted by molar-refractivity contribution is 5.60. The zero-order valence-electron chi connectivity index (χ0n) is 13.1. The molecule has 2 N–H and O–H groups in total. The molecule has 0 bridgehead atoms. The molecule has 1 unspecified atom stereocenters. The molecule has 4 rings (SSSR count). The van der Waals surface area contributed by atoms with Crippen molar-refractivity contribution in [3.05, 3.63) is 56.3 Å². The molecule has 0 aliphatic heterocycles. The van der Waals surface area contributed by atoms with Crippen LogP contribution in [0, 0.1) is 17.5 Å². The Hall–Kier alpha value is -3.17. The molecule has 1 aromatic carbocycles. The smallest absolute Gasteiger partial charge is 0.351 e. The normalized spacial score (nSPS) is 16.2. The Labute approximate surface area is 142 Å². The van der Waals surface area contributed by atoms with Crippen LogP contribution in [0.25, 0.3) is 17.8 Å². The number of nitrogens with zero attached hydrogens (tertiary/aromatic N) is 4. The quantitative estimate of drug-likeness (QED) is 0.660. The van der Waals surface area contributed by atoms with Gasteiger partial charge in [-0.15, -0.1) is 5.10 Å². The molecule has 1 aliphatic carbocycles. The average Bonchev–Trinajstić information content (AvgIpc) is 2.89. The molecule has 3 aromatic rings. The second kappa shape index (κ2) is 5.68. The van der Waals surface area contributed by atoms with Gasteiger partial charge in [-0.1, -0.05) is 6.08 Å². The molecule has 26 heavy (non-hydrogen) atoms. The Kier molecular flexibility index (Phi) is 3.56. The van der Waals surface area contributed by atoms with Crippen LogP contribution in [-0.2, 0) is 6.54 Å². The van der Waals surface area contributed by atoms with Crippen molar-refractivity contribution in [1.29, 1.82) is 0 Å². The third kappa shape index (κ3) is 2.45. The fourth-order valence-electron chi connectivity index (χ4n) is 2.89. The lowest BCUT2D eigenvalue weighted by Crippen LogP contribution is -2.43. The second-order valence-electron chi connectivity index (χ2n) is 5.84. The van der Waals surface area contributed by atoms with E-state index < -0.39 is 41.4 Å². The topological polar surface area (TPSA) is 78.2 Å². The summed E-state index contributed by atoms with van der Waals surface area (Å²) in [6.45, 7) is -0.588. The number of nitrogen functional groups attached to an aromatic ring is 1. The number of nitrogens with two attached hydrogens (primary N) is 1. The van der Waals surface area contributed by atoms with Gasteiger partial charge >= 0.3 is 5.69 Å². The molecule has 0 saturated carbocycles. The Morgan fingerprint density at radius 1 is 1.23 bits per heavy atom. The lowest BCUT2D eigenvalue weighted by molar-refractivity contribution is 0.426. The number of fused-ring (bicyclic) bond motifs is 3. The summed E-state index contributed by atoms with van der Waals surface area (Å²) in [5, 5.41) is 4.44. The Morgan fingerprint density at radius 2 is 1.92 bits per heavy atom. The summed E-state index contributed by atoms with van der Waals surface area (Å²) in [6, 6.07) is 1.01.